The van der Waals surface area contributed by atoms with Crippen LogP contribution in [0.2, 0.25) is 0 Å². The second-order valence-corrected chi connectivity index (χ2v) is 6.27. The molecule has 6 nitrogen and oxygen atoms in total. The lowest BCUT2D eigenvalue weighted by atomic mass is 9.97. The van der Waals surface area contributed by atoms with Gasteiger partial charge in [-0.3, -0.25) is 4.79 Å². The third kappa shape index (κ3) is 3.52. The van der Waals surface area contributed by atoms with Gasteiger partial charge in [0, 0.05) is 30.9 Å². The molecule has 3 rings (SSSR count). The number of anilines is 1. The summed E-state index contributed by atoms with van der Waals surface area (Å²) in [6.07, 6.45) is 2.13. The van der Waals surface area contributed by atoms with Gasteiger partial charge in [0.25, 0.3) is 5.91 Å². The molecule has 0 spiro atoms. The first-order valence-corrected chi connectivity index (χ1v) is 8.06. The van der Waals surface area contributed by atoms with Crippen LogP contribution in [0, 0.1) is 19.8 Å². The molecule has 1 aromatic carbocycles. The molecule has 1 saturated heterocycles. The number of hydrogen-bond acceptors (Lipinski definition) is 4. The number of carbonyl (C=O) groups is 1. The van der Waals surface area contributed by atoms with Crippen molar-refractivity contribution in [3.63, 3.8) is 0 Å². The summed E-state index contributed by atoms with van der Waals surface area (Å²) >= 11 is 0. The van der Waals surface area contributed by atoms with Crippen molar-refractivity contribution in [3.05, 3.63) is 41.5 Å². The molecule has 0 radical (unpaired) electrons. The van der Waals surface area contributed by atoms with E-state index in [0.29, 0.717) is 17.2 Å². The summed E-state index contributed by atoms with van der Waals surface area (Å²) in [4.78, 5) is 18.9. The number of piperidine rings is 1. The van der Waals surface area contributed by atoms with Crippen LogP contribution in [0.4, 0.5) is 5.69 Å². The van der Waals surface area contributed by atoms with Gasteiger partial charge in [0.1, 0.15) is 11.6 Å². The summed E-state index contributed by atoms with van der Waals surface area (Å²) in [5.41, 5.74) is 7.07. The van der Waals surface area contributed by atoms with Crippen LogP contribution in [-0.4, -0.2) is 38.7 Å². The average molecular weight is 313 g/mol. The van der Waals surface area contributed by atoms with Gasteiger partial charge in [0.15, 0.2) is 0 Å². The van der Waals surface area contributed by atoms with E-state index in [1.54, 1.807) is 12.1 Å². The zero-order valence-electron chi connectivity index (χ0n) is 13.7. The standard InChI is InChI=1S/C17H23N5O/c1-12-19-13(2)22(20-12)11-14-5-4-8-21(10-14)17(23)15-6-3-7-16(18)9-15/h3,6-7,9,14H,4-5,8,10-11,18H2,1-2H3. The van der Waals surface area contributed by atoms with E-state index in [2.05, 4.69) is 10.1 Å². The Balaban J connectivity index is 1.68. The maximum absolute atomic E-state index is 12.7. The number of aromatic nitrogens is 3. The molecular weight excluding hydrogens is 290 g/mol. The van der Waals surface area contributed by atoms with E-state index < -0.39 is 0 Å². The molecule has 1 aliphatic rings. The molecule has 2 aromatic rings. The molecule has 1 unspecified atom stereocenters. The minimum Gasteiger partial charge on any atom is -0.399 e. The van der Waals surface area contributed by atoms with Crippen molar-refractivity contribution in [1.29, 1.82) is 0 Å². The summed E-state index contributed by atoms with van der Waals surface area (Å²) in [5.74, 6) is 2.20. The van der Waals surface area contributed by atoms with Gasteiger partial charge in [-0.1, -0.05) is 6.07 Å². The lowest BCUT2D eigenvalue weighted by Gasteiger charge is -2.33. The number of carbonyl (C=O) groups excluding carboxylic acids is 1. The topological polar surface area (TPSA) is 77.0 Å². The van der Waals surface area contributed by atoms with Gasteiger partial charge in [0.2, 0.25) is 0 Å². The van der Waals surface area contributed by atoms with Crippen molar-refractivity contribution in [3.8, 4) is 0 Å². The van der Waals surface area contributed by atoms with Crippen molar-refractivity contribution in [2.75, 3.05) is 18.8 Å². The molecule has 2 N–H and O–H groups in total. The number of rotatable bonds is 3. The highest BCUT2D eigenvalue weighted by Crippen LogP contribution is 2.21. The third-order valence-electron chi connectivity index (χ3n) is 4.33. The van der Waals surface area contributed by atoms with Gasteiger partial charge in [-0.15, -0.1) is 0 Å². The van der Waals surface area contributed by atoms with E-state index in [1.165, 1.54) is 0 Å². The van der Waals surface area contributed by atoms with E-state index in [0.717, 1.165) is 44.1 Å². The van der Waals surface area contributed by atoms with Gasteiger partial charge < -0.3 is 10.6 Å². The van der Waals surface area contributed by atoms with Crippen LogP contribution in [0.3, 0.4) is 0 Å². The molecule has 1 aromatic heterocycles. The fourth-order valence-electron chi connectivity index (χ4n) is 3.23. The summed E-state index contributed by atoms with van der Waals surface area (Å²) in [6, 6.07) is 7.20. The maximum atomic E-state index is 12.7. The van der Waals surface area contributed by atoms with Gasteiger partial charge >= 0.3 is 0 Å². The number of nitrogen functional groups attached to an aromatic ring is 1. The highest BCUT2D eigenvalue weighted by Gasteiger charge is 2.25. The first-order valence-electron chi connectivity index (χ1n) is 8.06. The van der Waals surface area contributed by atoms with Crippen LogP contribution in [-0.2, 0) is 6.54 Å². The van der Waals surface area contributed by atoms with Crippen LogP contribution in [0.25, 0.3) is 0 Å². The number of amides is 1. The molecule has 1 amide bonds. The van der Waals surface area contributed by atoms with Gasteiger partial charge in [-0.2, -0.15) is 5.10 Å². The number of likely N-dealkylation sites (tertiary alicyclic amines) is 1. The first kappa shape index (κ1) is 15.5. The zero-order chi connectivity index (χ0) is 16.4. The number of hydrogen-bond donors (Lipinski definition) is 1. The smallest absolute Gasteiger partial charge is 0.253 e. The Morgan fingerprint density at radius 2 is 2.22 bits per heavy atom. The first-order chi connectivity index (χ1) is 11.0. The lowest BCUT2D eigenvalue weighted by Crippen LogP contribution is -2.41. The Bertz CT molecular complexity index is 709. The molecular formula is C17H23N5O. The summed E-state index contributed by atoms with van der Waals surface area (Å²) in [7, 11) is 0. The molecule has 1 aliphatic heterocycles. The maximum Gasteiger partial charge on any atom is 0.253 e. The minimum absolute atomic E-state index is 0.0634. The van der Waals surface area contributed by atoms with Crippen molar-refractivity contribution in [2.24, 2.45) is 5.92 Å². The van der Waals surface area contributed by atoms with Crippen molar-refractivity contribution in [1.82, 2.24) is 19.7 Å². The summed E-state index contributed by atoms with van der Waals surface area (Å²) < 4.78 is 1.95. The van der Waals surface area contributed by atoms with Gasteiger partial charge in [-0.25, -0.2) is 9.67 Å². The number of nitrogens with two attached hydrogens (primary N) is 1. The predicted octanol–water partition coefficient (Wildman–Crippen LogP) is 2.03. The Kier molecular flexibility index (Phi) is 4.32. The normalized spacial score (nSPS) is 18.2. The van der Waals surface area contributed by atoms with Crippen LogP contribution < -0.4 is 5.73 Å². The Morgan fingerprint density at radius 3 is 2.91 bits per heavy atom. The van der Waals surface area contributed by atoms with Crippen LogP contribution in [0.1, 0.15) is 34.8 Å². The molecule has 1 atom stereocenters. The Morgan fingerprint density at radius 1 is 1.39 bits per heavy atom. The van der Waals surface area contributed by atoms with E-state index in [9.17, 15) is 4.79 Å². The fraction of sp³-hybridized carbons (Fsp3) is 0.471. The number of aryl methyl sites for hydroxylation is 2. The van der Waals surface area contributed by atoms with E-state index >= 15 is 0 Å². The van der Waals surface area contributed by atoms with Gasteiger partial charge in [0.05, 0.1) is 0 Å². The molecule has 1 fully saturated rings. The Labute approximate surface area is 136 Å². The van der Waals surface area contributed by atoms with E-state index in [4.69, 9.17) is 5.73 Å². The third-order valence-corrected chi connectivity index (χ3v) is 4.33. The highest BCUT2D eigenvalue weighted by molar-refractivity contribution is 5.95. The molecule has 23 heavy (non-hydrogen) atoms. The predicted molar refractivity (Wildman–Crippen MR) is 89.0 cm³/mol. The van der Waals surface area contributed by atoms with E-state index in [-0.39, 0.29) is 5.91 Å². The zero-order valence-corrected chi connectivity index (χ0v) is 13.7. The average Bonchev–Trinajstić information content (AvgIpc) is 2.84. The van der Waals surface area contributed by atoms with Crippen molar-refractivity contribution >= 4 is 11.6 Å². The molecule has 6 heteroatoms. The molecule has 2 heterocycles. The largest absolute Gasteiger partial charge is 0.399 e. The molecule has 0 aliphatic carbocycles. The van der Waals surface area contributed by atoms with Crippen LogP contribution in [0.15, 0.2) is 24.3 Å². The molecule has 122 valence electrons. The van der Waals surface area contributed by atoms with Gasteiger partial charge in [-0.05, 0) is 50.8 Å². The molecule has 0 saturated carbocycles. The second kappa shape index (κ2) is 6.40. The van der Waals surface area contributed by atoms with Crippen LogP contribution in [0.5, 0.6) is 0 Å². The highest BCUT2D eigenvalue weighted by atomic mass is 16.2. The van der Waals surface area contributed by atoms with Crippen molar-refractivity contribution < 1.29 is 4.79 Å². The summed E-state index contributed by atoms with van der Waals surface area (Å²) in [6.45, 7) is 6.25. The van der Waals surface area contributed by atoms with Crippen molar-refractivity contribution in [2.45, 2.75) is 33.2 Å². The Hall–Kier alpha value is -2.37. The second-order valence-electron chi connectivity index (χ2n) is 6.27. The van der Waals surface area contributed by atoms with Crippen LogP contribution >= 0.6 is 0 Å². The number of benzene rings is 1. The fourth-order valence-corrected chi connectivity index (χ4v) is 3.23. The minimum atomic E-state index is 0.0634. The molecule has 0 bridgehead atoms. The number of nitrogens with zero attached hydrogens (tertiary/aromatic N) is 4. The quantitative estimate of drug-likeness (QED) is 0.880. The monoisotopic (exact) mass is 313 g/mol. The SMILES string of the molecule is Cc1nc(C)n(CC2CCCN(C(=O)c3cccc(N)c3)C2)n1. The van der Waals surface area contributed by atoms with E-state index in [1.807, 2.05) is 35.6 Å². The summed E-state index contributed by atoms with van der Waals surface area (Å²) in [5, 5.41) is 4.43. The lowest BCUT2D eigenvalue weighted by molar-refractivity contribution is 0.0659.